The maximum Gasteiger partial charge on any atom is 0.309 e. The molecule has 0 bridgehead atoms. The van der Waals surface area contributed by atoms with Crippen LogP contribution in [0.3, 0.4) is 0 Å². The van der Waals surface area contributed by atoms with Crippen molar-refractivity contribution < 1.29 is 19.1 Å². The van der Waals surface area contributed by atoms with E-state index in [1.165, 1.54) is 0 Å². The number of allylic oxidation sites excluding steroid dienone is 2. The zero-order chi connectivity index (χ0) is 18.1. The highest BCUT2D eigenvalue weighted by molar-refractivity contribution is 5.95. The topological polar surface area (TPSA) is 84.5 Å². The van der Waals surface area contributed by atoms with E-state index in [0.717, 1.165) is 30.5 Å². The summed E-state index contributed by atoms with van der Waals surface area (Å²) in [7, 11) is 0. The van der Waals surface area contributed by atoms with E-state index in [0.29, 0.717) is 6.42 Å². The lowest BCUT2D eigenvalue weighted by Gasteiger charge is -2.16. The van der Waals surface area contributed by atoms with Crippen LogP contribution in [0.4, 0.5) is 5.69 Å². The molecule has 0 aromatic heterocycles. The number of esters is 1. The minimum atomic E-state index is -0.487. The Labute approximate surface area is 147 Å². The van der Waals surface area contributed by atoms with E-state index in [1.54, 1.807) is 0 Å². The van der Waals surface area contributed by atoms with E-state index < -0.39 is 5.91 Å². The van der Waals surface area contributed by atoms with Crippen LogP contribution in [0.1, 0.15) is 31.7 Å². The first-order valence-electron chi connectivity index (χ1n) is 8.56. The van der Waals surface area contributed by atoms with Crippen molar-refractivity contribution in [2.24, 2.45) is 5.92 Å². The van der Waals surface area contributed by atoms with Crippen LogP contribution in [0.5, 0.6) is 0 Å². The van der Waals surface area contributed by atoms with Crippen LogP contribution in [0.25, 0.3) is 0 Å². The van der Waals surface area contributed by atoms with Gasteiger partial charge >= 0.3 is 5.97 Å². The summed E-state index contributed by atoms with van der Waals surface area (Å²) in [5, 5.41) is 5.22. The average Bonchev–Trinajstić information content (AvgIpc) is 2.65. The molecule has 134 valence electrons. The highest BCUT2D eigenvalue weighted by Gasteiger charge is 2.21. The molecular formula is C19H24N2O4. The second-order valence-corrected chi connectivity index (χ2v) is 5.92. The average molecular weight is 344 g/mol. The van der Waals surface area contributed by atoms with Gasteiger partial charge in [-0.25, -0.2) is 0 Å². The summed E-state index contributed by atoms with van der Waals surface area (Å²) >= 11 is 0. The van der Waals surface area contributed by atoms with Crippen LogP contribution in [-0.4, -0.2) is 30.9 Å². The SMILES string of the molecule is CCc1ccccc1NC(=O)CNC(=O)COC(=O)[C@@H]1CC=CCC1. The number of amides is 2. The van der Waals surface area contributed by atoms with Crippen molar-refractivity contribution in [3.05, 3.63) is 42.0 Å². The summed E-state index contributed by atoms with van der Waals surface area (Å²) < 4.78 is 5.01. The molecule has 0 aliphatic heterocycles. The Hall–Kier alpha value is -2.63. The molecule has 2 amide bonds. The van der Waals surface area contributed by atoms with Crippen LogP contribution in [0.2, 0.25) is 0 Å². The Balaban J connectivity index is 1.69. The molecule has 1 atom stereocenters. The molecule has 0 spiro atoms. The van der Waals surface area contributed by atoms with Crippen LogP contribution in [0.15, 0.2) is 36.4 Å². The van der Waals surface area contributed by atoms with Crippen LogP contribution < -0.4 is 10.6 Å². The fraction of sp³-hybridized carbons (Fsp3) is 0.421. The van der Waals surface area contributed by atoms with Crippen molar-refractivity contribution in [2.75, 3.05) is 18.5 Å². The van der Waals surface area contributed by atoms with Crippen molar-refractivity contribution in [3.63, 3.8) is 0 Å². The van der Waals surface area contributed by atoms with E-state index >= 15 is 0 Å². The molecule has 0 heterocycles. The maximum absolute atomic E-state index is 11.9. The van der Waals surface area contributed by atoms with Gasteiger partial charge in [-0.05, 0) is 37.3 Å². The van der Waals surface area contributed by atoms with Gasteiger partial charge in [0, 0.05) is 5.69 Å². The summed E-state index contributed by atoms with van der Waals surface area (Å²) in [4.78, 5) is 35.5. The molecule has 6 heteroatoms. The number of carbonyl (C=O) groups excluding carboxylic acids is 3. The smallest absolute Gasteiger partial charge is 0.309 e. The fourth-order valence-electron chi connectivity index (χ4n) is 2.64. The molecule has 0 radical (unpaired) electrons. The van der Waals surface area contributed by atoms with Gasteiger partial charge in [0.1, 0.15) is 0 Å². The minimum Gasteiger partial charge on any atom is -0.455 e. The third kappa shape index (κ3) is 6.06. The molecular weight excluding hydrogens is 320 g/mol. The Morgan fingerprint density at radius 2 is 1.96 bits per heavy atom. The van der Waals surface area contributed by atoms with Gasteiger partial charge in [0.05, 0.1) is 12.5 Å². The number of anilines is 1. The Morgan fingerprint density at radius 3 is 2.68 bits per heavy atom. The van der Waals surface area contributed by atoms with Gasteiger partial charge in [0.2, 0.25) is 5.91 Å². The summed E-state index contributed by atoms with van der Waals surface area (Å²) in [6, 6.07) is 7.51. The van der Waals surface area contributed by atoms with Gasteiger partial charge in [0.15, 0.2) is 6.61 Å². The molecule has 25 heavy (non-hydrogen) atoms. The predicted molar refractivity (Wildman–Crippen MR) is 94.9 cm³/mol. The van der Waals surface area contributed by atoms with Gasteiger partial charge in [-0.2, -0.15) is 0 Å². The van der Waals surface area contributed by atoms with Gasteiger partial charge in [0.25, 0.3) is 5.91 Å². The highest BCUT2D eigenvalue weighted by atomic mass is 16.5. The quantitative estimate of drug-likeness (QED) is 0.587. The molecule has 0 saturated heterocycles. The van der Waals surface area contributed by atoms with E-state index in [4.69, 9.17) is 4.74 Å². The zero-order valence-corrected chi connectivity index (χ0v) is 14.4. The molecule has 0 unspecified atom stereocenters. The molecule has 0 saturated carbocycles. The van der Waals surface area contributed by atoms with Gasteiger partial charge in [-0.3, -0.25) is 14.4 Å². The molecule has 0 fully saturated rings. The van der Waals surface area contributed by atoms with E-state index in [9.17, 15) is 14.4 Å². The first kappa shape index (κ1) is 18.7. The second-order valence-electron chi connectivity index (χ2n) is 5.92. The van der Waals surface area contributed by atoms with Gasteiger partial charge in [-0.1, -0.05) is 37.3 Å². The van der Waals surface area contributed by atoms with E-state index in [1.807, 2.05) is 43.3 Å². The Kier molecular flexibility index (Phi) is 7.19. The number of ether oxygens (including phenoxy) is 1. The standard InChI is InChI=1S/C19H24N2O4/c1-2-14-8-6-7-11-16(14)21-17(22)12-20-18(23)13-25-19(24)15-9-4-3-5-10-15/h3-4,6-8,11,15H,2,5,9-10,12-13H2,1H3,(H,20,23)(H,21,22)/t15-/m1/s1. The van der Waals surface area contributed by atoms with Crippen molar-refractivity contribution in [3.8, 4) is 0 Å². The van der Waals surface area contributed by atoms with Crippen LogP contribution in [0, 0.1) is 5.92 Å². The third-order valence-corrected chi connectivity index (χ3v) is 4.07. The number of benzene rings is 1. The molecule has 2 rings (SSSR count). The van der Waals surface area contributed by atoms with Gasteiger partial charge in [-0.15, -0.1) is 0 Å². The monoisotopic (exact) mass is 344 g/mol. The first-order valence-corrected chi connectivity index (χ1v) is 8.56. The molecule has 1 aliphatic carbocycles. The van der Waals surface area contributed by atoms with Crippen molar-refractivity contribution >= 4 is 23.5 Å². The van der Waals surface area contributed by atoms with Crippen LogP contribution in [-0.2, 0) is 25.5 Å². The minimum absolute atomic E-state index is 0.166. The Morgan fingerprint density at radius 1 is 1.16 bits per heavy atom. The first-order chi connectivity index (χ1) is 12.1. The predicted octanol–water partition coefficient (Wildman–Crippen LogP) is 2.20. The lowest BCUT2D eigenvalue weighted by atomic mass is 9.95. The molecule has 1 aliphatic rings. The summed E-state index contributed by atoms with van der Waals surface area (Å²) in [6.45, 7) is 1.47. The number of aryl methyl sites for hydroxylation is 1. The molecule has 2 N–H and O–H groups in total. The van der Waals surface area contributed by atoms with Crippen molar-refractivity contribution in [1.29, 1.82) is 0 Å². The number of carbonyl (C=O) groups is 3. The molecule has 6 nitrogen and oxygen atoms in total. The number of rotatable bonds is 7. The van der Waals surface area contributed by atoms with Crippen molar-refractivity contribution in [1.82, 2.24) is 5.32 Å². The number of hydrogen-bond donors (Lipinski definition) is 2. The van der Waals surface area contributed by atoms with E-state index in [2.05, 4.69) is 10.6 Å². The summed E-state index contributed by atoms with van der Waals surface area (Å²) in [5.41, 5.74) is 1.76. The summed E-state index contributed by atoms with van der Waals surface area (Å²) in [5.74, 6) is -1.34. The highest BCUT2D eigenvalue weighted by Crippen LogP contribution is 2.19. The fourth-order valence-corrected chi connectivity index (χ4v) is 2.64. The third-order valence-electron chi connectivity index (χ3n) is 4.07. The molecule has 1 aromatic rings. The lowest BCUT2D eigenvalue weighted by Crippen LogP contribution is -2.36. The molecule has 1 aromatic carbocycles. The lowest BCUT2D eigenvalue weighted by molar-refractivity contribution is -0.152. The normalized spacial score (nSPS) is 16.1. The maximum atomic E-state index is 11.9. The van der Waals surface area contributed by atoms with Crippen LogP contribution >= 0.6 is 0 Å². The van der Waals surface area contributed by atoms with E-state index in [-0.39, 0.29) is 30.9 Å². The Bertz CT molecular complexity index is 655. The van der Waals surface area contributed by atoms with Gasteiger partial charge < -0.3 is 15.4 Å². The summed E-state index contributed by atoms with van der Waals surface area (Å²) in [6.07, 6.45) is 7.04. The number of nitrogens with one attached hydrogen (secondary N) is 2. The second kappa shape index (κ2) is 9.61. The largest absolute Gasteiger partial charge is 0.455 e. The van der Waals surface area contributed by atoms with Crippen molar-refractivity contribution in [2.45, 2.75) is 32.6 Å². The zero-order valence-electron chi connectivity index (χ0n) is 14.4. The number of para-hydroxylation sites is 1. The number of hydrogen-bond acceptors (Lipinski definition) is 4.